The number of carbonyl (C=O) groups is 2. The molecule has 0 spiro atoms. The second-order valence-corrected chi connectivity index (χ2v) is 8.03. The molecule has 0 aliphatic carbocycles. The van der Waals surface area contributed by atoms with Crippen LogP contribution in [0.1, 0.15) is 18.9 Å². The largest absolute Gasteiger partial charge is 0.452 e. The van der Waals surface area contributed by atoms with Crippen molar-refractivity contribution in [3.63, 3.8) is 0 Å². The van der Waals surface area contributed by atoms with E-state index in [1.807, 2.05) is 6.07 Å². The Morgan fingerprint density at radius 3 is 2.45 bits per heavy atom. The number of esters is 1. The summed E-state index contributed by atoms with van der Waals surface area (Å²) in [5.41, 5.74) is 0.895. The highest BCUT2D eigenvalue weighted by molar-refractivity contribution is 7.89. The average Bonchev–Trinajstić information content (AvgIpc) is 2.68. The number of benzene rings is 2. The molecule has 152 valence electrons. The van der Waals surface area contributed by atoms with Crippen LogP contribution in [-0.2, 0) is 24.3 Å². The number of rotatable bonds is 8. The number of carbonyl (C=O) groups excluding carboxylic acids is 2. The van der Waals surface area contributed by atoms with E-state index >= 15 is 0 Å². The van der Waals surface area contributed by atoms with Gasteiger partial charge in [-0.05, 0) is 43.3 Å². The summed E-state index contributed by atoms with van der Waals surface area (Å²) in [4.78, 5) is 23.9. The molecule has 0 heterocycles. The molecule has 1 atom stereocenters. The summed E-state index contributed by atoms with van der Waals surface area (Å²) < 4.78 is 31.6. The quantitative estimate of drug-likeness (QED) is 0.613. The Labute approximate surface area is 173 Å². The van der Waals surface area contributed by atoms with Crippen molar-refractivity contribution < 1.29 is 22.7 Å². The minimum Gasteiger partial charge on any atom is -0.452 e. The van der Waals surface area contributed by atoms with E-state index in [4.69, 9.17) is 21.6 Å². The Balaban J connectivity index is 1.81. The molecule has 2 N–H and O–H groups in total. The minimum absolute atomic E-state index is 0.0654. The maximum absolute atomic E-state index is 12.2. The predicted octanol–water partition coefficient (Wildman–Crippen LogP) is 2.45. The van der Waals surface area contributed by atoms with Crippen LogP contribution in [0.5, 0.6) is 0 Å². The van der Waals surface area contributed by atoms with Crippen LogP contribution >= 0.6 is 11.6 Å². The maximum Gasteiger partial charge on any atom is 0.307 e. The lowest BCUT2D eigenvalue weighted by molar-refractivity contribution is -0.152. The summed E-state index contributed by atoms with van der Waals surface area (Å²) in [6.07, 6.45) is -1.35. The molecule has 1 amide bonds. The summed E-state index contributed by atoms with van der Waals surface area (Å²) in [6, 6.07) is 14.1. The Morgan fingerprint density at radius 2 is 1.83 bits per heavy atom. The number of anilines is 1. The fourth-order valence-electron chi connectivity index (χ4n) is 2.21. The van der Waals surface area contributed by atoms with Gasteiger partial charge >= 0.3 is 5.97 Å². The van der Waals surface area contributed by atoms with Gasteiger partial charge in [0.2, 0.25) is 10.0 Å². The standard InChI is InChI=1S/C19H18ClN3O5S/c1-13(19(25)23-15-8-6-14(12-21)7-9-15)28-18(24)10-11-22-29(26,27)17-5-3-2-4-16(17)20/h2-9,13,22H,10-11H2,1H3,(H,23,25)/t13-/m0/s1. The molecule has 2 rings (SSSR count). The highest BCUT2D eigenvalue weighted by Crippen LogP contribution is 2.20. The van der Waals surface area contributed by atoms with Gasteiger partial charge in [0, 0.05) is 12.2 Å². The van der Waals surface area contributed by atoms with Gasteiger partial charge in [-0.3, -0.25) is 9.59 Å². The van der Waals surface area contributed by atoms with E-state index in [2.05, 4.69) is 10.0 Å². The maximum atomic E-state index is 12.2. The molecule has 0 saturated heterocycles. The summed E-state index contributed by atoms with van der Waals surface area (Å²) in [5.74, 6) is -1.30. The third kappa shape index (κ3) is 6.57. The predicted molar refractivity (Wildman–Crippen MR) is 107 cm³/mol. The molecule has 0 radical (unpaired) electrons. The second-order valence-electron chi connectivity index (χ2n) is 5.89. The minimum atomic E-state index is -3.87. The van der Waals surface area contributed by atoms with Gasteiger partial charge in [0.05, 0.1) is 23.1 Å². The van der Waals surface area contributed by atoms with Gasteiger partial charge in [-0.1, -0.05) is 23.7 Å². The third-order valence-electron chi connectivity index (χ3n) is 3.71. The van der Waals surface area contributed by atoms with Gasteiger partial charge in [-0.15, -0.1) is 0 Å². The summed E-state index contributed by atoms with van der Waals surface area (Å²) in [7, 11) is -3.87. The van der Waals surface area contributed by atoms with Gasteiger partial charge in [-0.2, -0.15) is 5.26 Å². The van der Waals surface area contributed by atoms with Gasteiger partial charge in [0.25, 0.3) is 5.91 Å². The summed E-state index contributed by atoms with van der Waals surface area (Å²) in [5, 5.41) is 11.4. The topological polar surface area (TPSA) is 125 Å². The van der Waals surface area contributed by atoms with Crippen LogP contribution in [0, 0.1) is 11.3 Å². The van der Waals surface area contributed by atoms with Crippen LogP contribution < -0.4 is 10.0 Å². The number of amides is 1. The number of halogens is 1. The first-order chi connectivity index (χ1) is 13.7. The van der Waals surface area contributed by atoms with Crippen molar-refractivity contribution in [2.24, 2.45) is 0 Å². The van der Waals surface area contributed by atoms with E-state index in [1.165, 1.54) is 37.3 Å². The molecule has 10 heteroatoms. The van der Waals surface area contributed by atoms with Gasteiger partial charge in [0.15, 0.2) is 6.10 Å². The molecule has 2 aromatic rings. The first kappa shape index (κ1) is 22.4. The highest BCUT2D eigenvalue weighted by Gasteiger charge is 2.20. The first-order valence-corrected chi connectivity index (χ1v) is 10.3. The monoisotopic (exact) mass is 435 g/mol. The normalized spacial score (nSPS) is 11.9. The summed E-state index contributed by atoms with van der Waals surface area (Å²) >= 11 is 5.87. The zero-order valence-corrected chi connectivity index (χ0v) is 17.0. The van der Waals surface area contributed by atoms with Crippen LogP contribution in [-0.4, -0.2) is 32.9 Å². The van der Waals surface area contributed by atoms with Crippen LogP contribution in [0.4, 0.5) is 5.69 Å². The van der Waals surface area contributed by atoms with Crippen LogP contribution in [0.25, 0.3) is 0 Å². The third-order valence-corrected chi connectivity index (χ3v) is 5.67. The molecule has 29 heavy (non-hydrogen) atoms. The number of nitrogens with one attached hydrogen (secondary N) is 2. The lowest BCUT2D eigenvalue weighted by atomic mass is 10.2. The second kappa shape index (κ2) is 10.0. The van der Waals surface area contributed by atoms with Crippen molar-refractivity contribution in [2.75, 3.05) is 11.9 Å². The molecule has 0 unspecified atom stereocenters. The number of sulfonamides is 1. The molecule has 0 aliphatic heterocycles. The first-order valence-electron chi connectivity index (χ1n) is 8.47. The van der Waals surface area contributed by atoms with E-state index in [0.717, 1.165) is 0 Å². The molecule has 2 aromatic carbocycles. The number of hydrogen-bond acceptors (Lipinski definition) is 6. The van der Waals surface area contributed by atoms with Crippen molar-refractivity contribution in [2.45, 2.75) is 24.3 Å². The van der Waals surface area contributed by atoms with Crippen molar-refractivity contribution in [1.29, 1.82) is 5.26 Å². The lowest BCUT2D eigenvalue weighted by Gasteiger charge is -2.14. The van der Waals surface area contributed by atoms with E-state index in [-0.39, 0.29) is 22.9 Å². The Kier molecular flexibility index (Phi) is 7.73. The van der Waals surface area contributed by atoms with Crippen LogP contribution in [0.2, 0.25) is 5.02 Å². The van der Waals surface area contributed by atoms with Crippen molar-refractivity contribution >= 4 is 39.2 Å². The Morgan fingerprint density at radius 1 is 1.17 bits per heavy atom. The van der Waals surface area contributed by atoms with Crippen molar-refractivity contribution in [1.82, 2.24) is 4.72 Å². The van der Waals surface area contributed by atoms with E-state index in [9.17, 15) is 18.0 Å². The molecule has 0 bridgehead atoms. The molecule has 0 aliphatic rings. The number of hydrogen-bond donors (Lipinski definition) is 2. The Bertz CT molecular complexity index is 1030. The molecule has 0 aromatic heterocycles. The van der Waals surface area contributed by atoms with Crippen LogP contribution in [0.3, 0.4) is 0 Å². The molecular formula is C19H18ClN3O5S. The van der Waals surface area contributed by atoms with Crippen molar-refractivity contribution in [3.05, 3.63) is 59.1 Å². The zero-order chi connectivity index (χ0) is 21.4. The van der Waals surface area contributed by atoms with E-state index in [0.29, 0.717) is 11.3 Å². The molecule has 0 fully saturated rings. The van der Waals surface area contributed by atoms with Crippen LogP contribution in [0.15, 0.2) is 53.4 Å². The smallest absolute Gasteiger partial charge is 0.307 e. The zero-order valence-electron chi connectivity index (χ0n) is 15.4. The average molecular weight is 436 g/mol. The molecular weight excluding hydrogens is 418 g/mol. The fraction of sp³-hybridized carbons (Fsp3) is 0.211. The lowest BCUT2D eigenvalue weighted by Crippen LogP contribution is -2.32. The van der Waals surface area contributed by atoms with Gasteiger partial charge in [0.1, 0.15) is 4.90 Å². The molecule has 8 nitrogen and oxygen atoms in total. The van der Waals surface area contributed by atoms with E-state index < -0.39 is 28.0 Å². The number of nitriles is 1. The fourth-order valence-corrected chi connectivity index (χ4v) is 3.76. The van der Waals surface area contributed by atoms with Gasteiger partial charge < -0.3 is 10.1 Å². The number of ether oxygens (including phenoxy) is 1. The molecule has 0 saturated carbocycles. The number of nitrogens with zero attached hydrogens (tertiary/aromatic N) is 1. The SMILES string of the molecule is C[C@H](OC(=O)CCNS(=O)(=O)c1ccccc1Cl)C(=O)Nc1ccc(C#N)cc1. The van der Waals surface area contributed by atoms with Gasteiger partial charge in [-0.25, -0.2) is 13.1 Å². The van der Waals surface area contributed by atoms with Crippen molar-refractivity contribution in [3.8, 4) is 6.07 Å². The summed E-state index contributed by atoms with van der Waals surface area (Å²) in [6.45, 7) is 1.18. The highest BCUT2D eigenvalue weighted by atomic mass is 35.5. The Hall–Kier alpha value is -2.93. The van der Waals surface area contributed by atoms with E-state index in [1.54, 1.807) is 18.2 Å².